The minimum atomic E-state index is -0.394. The van der Waals surface area contributed by atoms with Gasteiger partial charge in [0, 0.05) is 19.1 Å². The molecule has 2 fully saturated rings. The molecule has 1 aliphatic carbocycles. The van der Waals surface area contributed by atoms with E-state index in [9.17, 15) is 9.59 Å². The molecular formula is C16H24N4O3S2. The molecule has 138 valence electrons. The highest BCUT2D eigenvalue weighted by Gasteiger charge is 2.19. The van der Waals surface area contributed by atoms with Gasteiger partial charge in [-0.05, 0) is 25.7 Å². The van der Waals surface area contributed by atoms with Crippen LogP contribution in [0.1, 0.15) is 44.9 Å². The third-order valence-corrected chi connectivity index (χ3v) is 6.43. The molecule has 7 nitrogen and oxygen atoms in total. The van der Waals surface area contributed by atoms with Crippen molar-refractivity contribution in [3.05, 3.63) is 0 Å². The number of carbonyl (C=O) groups is 2. The van der Waals surface area contributed by atoms with Gasteiger partial charge in [0.2, 0.25) is 5.13 Å². The summed E-state index contributed by atoms with van der Waals surface area (Å²) in [5, 5.41) is 12.5. The van der Waals surface area contributed by atoms with Crippen LogP contribution in [0, 0.1) is 0 Å². The molecule has 0 radical (unpaired) electrons. The van der Waals surface area contributed by atoms with Crippen LogP contribution < -0.4 is 5.32 Å². The van der Waals surface area contributed by atoms with Gasteiger partial charge in [-0.1, -0.05) is 42.4 Å². The number of ether oxygens (including phenoxy) is 1. The van der Waals surface area contributed by atoms with Crippen molar-refractivity contribution in [2.24, 2.45) is 0 Å². The van der Waals surface area contributed by atoms with Crippen LogP contribution >= 0.6 is 23.1 Å². The van der Waals surface area contributed by atoms with Gasteiger partial charge < -0.3 is 15.0 Å². The van der Waals surface area contributed by atoms with Gasteiger partial charge in [-0.2, -0.15) is 0 Å². The van der Waals surface area contributed by atoms with Crippen LogP contribution in [0.2, 0.25) is 0 Å². The molecule has 1 N–H and O–H groups in total. The molecule has 0 unspecified atom stereocenters. The highest BCUT2D eigenvalue weighted by atomic mass is 32.2. The summed E-state index contributed by atoms with van der Waals surface area (Å²) in [6.45, 7) is 1.38. The van der Waals surface area contributed by atoms with Crippen molar-refractivity contribution < 1.29 is 14.3 Å². The fourth-order valence-corrected chi connectivity index (χ4v) is 4.74. The quantitative estimate of drug-likeness (QED) is 0.571. The van der Waals surface area contributed by atoms with Crippen LogP contribution in [-0.4, -0.2) is 58.5 Å². The third-order valence-electron chi connectivity index (χ3n) is 4.47. The van der Waals surface area contributed by atoms with Crippen LogP contribution in [0.4, 0.5) is 5.13 Å². The van der Waals surface area contributed by atoms with E-state index >= 15 is 0 Å². The summed E-state index contributed by atoms with van der Waals surface area (Å²) >= 11 is 2.76. The zero-order valence-electron chi connectivity index (χ0n) is 14.2. The molecule has 1 saturated carbocycles. The van der Waals surface area contributed by atoms with Gasteiger partial charge in [0.05, 0.1) is 5.75 Å². The summed E-state index contributed by atoms with van der Waals surface area (Å²) < 4.78 is 5.79. The lowest BCUT2D eigenvalue weighted by molar-refractivity contribution is -0.149. The molecule has 0 aromatic carbocycles. The fraction of sp³-hybridized carbons (Fsp3) is 0.750. The number of thioether (sulfide) groups is 1. The Balaban J connectivity index is 1.35. The van der Waals surface area contributed by atoms with Gasteiger partial charge in [0.15, 0.2) is 10.9 Å². The molecule has 9 heteroatoms. The second kappa shape index (κ2) is 9.38. The van der Waals surface area contributed by atoms with E-state index in [0.717, 1.165) is 35.4 Å². The number of likely N-dealkylation sites (tertiary alicyclic amines) is 1. The van der Waals surface area contributed by atoms with Crippen molar-refractivity contribution >= 4 is 40.1 Å². The van der Waals surface area contributed by atoms with Crippen LogP contribution in [-0.2, 0) is 14.3 Å². The maximum atomic E-state index is 11.8. The molecule has 1 aliphatic heterocycles. The summed E-state index contributed by atoms with van der Waals surface area (Å²) in [5.74, 6) is -0.356. The van der Waals surface area contributed by atoms with Gasteiger partial charge in [-0.25, -0.2) is 0 Å². The lowest BCUT2D eigenvalue weighted by Crippen LogP contribution is -2.32. The molecule has 1 aromatic rings. The lowest BCUT2D eigenvalue weighted by atomic mass is 9.96. The van der Waals surface area contributed by atoms with E-state index in [1.165, 1.54) is 55.2 Å². The largest absolute Gasteiger partial charge is 0.455 e. The first-order chi connectivity index (χ1) is 12.2. The summed E-state index contributed by atoms with van der Waals surface area (Å²) in [5.41, 5.74) is 0. The second-order valence-electron chi connectivity index (χ2n) is 6.39. The summed E-state index contributed by atoms with van der Waals surface area (Å²) in [7, 11) is 0. The number of nitrogens with one attached hydrogen (secondary N) is 1. The average Bonchev–Trinajstić information content (AvgIpc) is 3.31. The Labute approximate surface area is 155 Å². The van der Waals surface area contributed by atoms with Crippen LogP contribution in [0.5, 0.6) is 0 Å². The monoisotopic (exact) mass is 384 g/mol. The number of amides is 1. The van der Waals surface area contributed by atoms with E-state index in [1.54, 1.807) is 4.90 Å². The van der Waals surface area contributed by atoms with Crippen molar-refractivity contribution in [3.8, 4) is 0 Å². The molecule has 0 atom stereocenters. The Kier molecular flexibility index (Phi) is 6.92. The predicted molar refractivity (Wildman–Crippen MR) is 97.9 cm³/mol. The average molecular weight is 385 g/mol. The molecule has 1 amide bonds. The van der Waals surface area contributed by atoms with E-state index in [2.05, 4.69) is 15.5 Å². The Hall–Kier alpha value is -1.35. The standard InChI is InChI=1S/C16H24N4O3S2/c21-13(20-8-4-5-9-20)10-23-14(22)11-24-16-19-18-15(25-16)17-12-6-2-1-3-7-12/h12H,1-11H2,(H,17,18). The van der Waals surface area contributed by atoms with Gasteiger partial charge in [-0.3, -0.25) is 9.59 Å². The van der Waals surface area contributed by atoms with Crippen molar-refractivity contribution in [2.75, 3.05) is 30.8 Å². The summed E-state index contributed by atoms with van der Waals surface area (Å²) in [6.07, 6.45) is 8.27. The molecule has 3 rings (SSSR count). The molecule has 0 bridgehead atoms. The number of hydrogen-bond donors (Lipinski definition) is 1. The van der Waals surface area contributed by atoms with Crippen molar-refractivity contribution in [2.45, 2.75) is 55.3 Å². The first-order valence-corrected chi connectivity index (χ1v) is 10.7. The number of anilines is 1. The van der Waals surface area contributed by atoms with E-state index in [0.29, 0.717) is 6.04 Å². The van der Waals surface area contributed by atoms with Gasteiger partial charge >= 0.3 is 5.97 Å². The number of nitrogens with zero attached hydrogens (tertiary/aromatic N) is 3. The summed E-state index contributed by atoms with van der Waals surface area (Å²) in [4.78, 5) is 25.4. The summed E-state index contributed by atoms with van der Waals surface area (Å²) in [6, 6.07) is 0.487. The van der Waals surface area contributed by atoms with Crippen molar-refractivity contribution in [1.82, 2.24) is 15.1 Å². The van der Waals surface area contributed by atoms with E-state index in [4.69, 9.17) is 4.74 Å². The smallest absolute Gasteiger partial charge is 0.316 e. The topological polar surface area (TPSA) is 84.4 Å². The normalized spacial score (nSPS) is 18.3. The van der Waals surface area contributed by atoms with Crippen molar-refractivity contribution in [1.29, 1.82) is 0 Å². The van der Waals surface area contributed by atoms with E-state index < -0.39 is 5.97 Å². The van der Waals surface area contributed by atoms with Gasteiger partial charge in [-0.15, -0.1) is 10.2 Å². The first-order valence-electron chi connectivity index (χ1n) is 8.87. The van der Waals surface area contributed by atoms with Crippen LogP contribution in [0.3, 0.4) is 0 Å². The number of rotatable bonds is 7. The zero-order valence-corrected chi connectivity index (χ0v) is 15.9. The third kappa shape index (κ3) is 5.85. The zero-order chi connectivity index (χ0) is 17.5. The molecule has 25 heavy (non-hydrogen) atoms. The van der Waals surface area contributed by atoms with Gasteiger partial charge in [0.1, 0.15) is 0 Å². The van der Waals surface area contributed by atoms with E-state index in [1.807, 2.05) is 0 Å². The maximum absolute atomic E-state index is 11.8. The fourth-order valence-electron chi connectivity index (χ4n) is 3.11. The molecule has 1 saturated heterocycles. The number of aromatic nitrogens is 2. The molecule has 2 aliphatic rings. The SMILES string of the molecule is O=C(CSc1nnc(NC2CCCCC2)s1)OCC(=O)N1CCCC1. The van der Waals surface area contributed by atoms with E-state index in [-0.39, 0.29) is 18.3 Å². The minimum Gasteiger partial charge on any atom is -0.455 e. The second-order valence-corrected chi connectivity index (χ2v) is 8.59. The maximum Gasteiger partial charge on any atom is 0.316 e. The highest BCUT2D eigenvalue weighted by Crippen LogP contribution is 2.28. The number of esters is 1. The lowest BCUT2D eigenvalue weighted by Gasteiger charge is -2.21. The molecular weight excluding hydrogens is 360 g/mol. The Morgan fingerprint density at radius 1 is 1.16 bits per heavy atom. The molecule has 2 heterocycles. The molecule has 0 spiro atoms. The van der Waals surface area contributed by atoms with Crippen LogP contribution in [0.25, 0.3) is 0 Å². The number of hydrogen-bond acceptors (Lipinski definition) is 8. The van der Waals surface area contributed by atoms with Crippen molar-refractivity contribution in [3.63, 3.8) is 0 Å². The molecule has 1 aromatic heterocycles. The first kappa shape index (κ1) is 18.4. The predicted octanol–water partition coefficient (Wildman–Crippen LogP) is 2.54. The number of carbonyl (C=O) groups excluding carboxylic acids is 2. The highest BCUT2D eigenvalue weighted by molar-refractivity contribution is 8.01. The Morgan fingerprint density at radius 2 is 1.92 bits per heavy atom. The van der Waals surface area contributed by atoms with Crippen LogP contribution in [0.15, 0.2) is 4.34 Å². The Bertz CT molecular complexity index is 584. The minimum absolute atomic E-state index is 0.106. The van der Waals surface area contributed by atoms with Gasteiger partial charge in [0.25, 0.3) is 5.91 Å². The Morgan fingerprint density at radius 3 is 2.68 bits per heavy atom.